The van der Waals surface area contributed by atoms with E-state index in [0.29, 0.717) is 5.92 Å². The zero-order valence-corrected chi connectivity index (χ0v) is 9.31. The minimum atomic E-state index is -1.68. The molecule has 1 unspecified atom stereocenters. The standard InChI is InChI=1S/C13H16O3/c1-13(16,12(14)15)8-10-4-2-3-5-11(10)9-6-7-9/h2-5,9,16H,6-8H2,1H3,(H,14,15). The fourth-order valence-corrected chi connectivity index (χ4v) is 1.93. The van der Waals surface area contributed by atoms with Crippen molar-refractivity contribution in [1.29, 1.82) is 0 Å². The van der Waals surface area contributed by atoms with Gasteiger partial charge in [-0.2, -0.15) is 0 Å². The maximum Gasteiger partial charge on any atom is 0.335 e. The lowest BCUT2D eigenvalue weighted by atomic mass is 9.92. The molecule has 2 N–H and O–H groups in total. The van der Waals surface area contributed by atoms with Gasteiger partial charge < -0.3 is 10.2 Å². The molecule has 0 spiro atoms. The molecule has 0 radical (unpaired) electrons. The predicted octanol–water partition coefficient (Wildman–Crippen LogP) is 1.94. The molecule has 0 aliphatic heterocycles. The predicted molar refractivity (Wildman–Crippen MR) is 60.4 cm³/mol. The summed E-state index contributed by atoms with van der Waals surface area (Å²) in [5, 5.41) is 18.7. The van der Waals surface area contributed by atoms with Gasteiger partial charge in [0.1, 0.15) is 0 Å². The summed E-state index contributed by atoms with van der Waals surface area (Å²) in [5.74, 6) is -0.598. The van der Waals surface area contributed by atoms with Gasteiger partial charge in [-0.3, -0.25) is 0 Å². The highest BCUT2D eigenvalue weighted by Crippen LogP contribution is 2.42. The summed E-state index contributed by atoms with van der Waals surface area (Å²) in [6, 6.07) is 7.79. The average Bonchev–Trinajstić information content (AvgIpc) is 3.01. The third-order valence-electron chi connectivity index (χ3n) is 3.07. The first-order valence-electron chi connectivity index (χ1n) is 5.54. The molecule has 1 aliphatic carbocycles. The van der Waals surface area contributed by atoms with Crippen molar-refractivity contribution in [2.24, 2.45) is 0 Å². The van der Waals surface area contributed by atoms with Gasteiger partial charge in [-0.05, 0) is 36.8 Å². The van der Waals surface area contributed by atoms with Gasteiger partial charge in [-0.1, -0.05) is 24.3 Å². The number of carboxylic acids is 1. The normalized spacial score (nSPS) is 19.1. The van der Waals surface area contributed by atoms with Gasteiger partial charge in [0.05, 0.1) is 0 Å². The van der Waals surface area contributed by atoms with E-state index in [4.69, 9.17) is 5.11 Å². The molecule has 1 atom stereocenters. The van der Waals surface area contributed by atoms with Crippen molar-refractivity contribution in [2.45, 2.75) is 37.7 Å². The van der Waals surface area contributed by atoms with E-state index in [-0.39, 0.29) is 6.42 Å². The van der Waals surface area contributed by atoms with E-state index in [2.05, 4.69) is 0 Å². The van der Waals surface area contributed by atoms with Crippen LogP contribution >= 0.6 is 0 Å². The van der Waals surface area contributed by atoms with Crippen LogP contribution in [0.15, 0.2) is 24.3 Å². The number of aliphatic hydroxyl groups is 1. The maximum absolute atomic E-state index is 10.9. The molecule has 1 aliphatic rings. The first kappa shape index (κ1) is 11.1. The van der Waals surface area contributed by atoms with E-state index in [1.54, 1.807) is 0 Å². The number of hydrogen-bond acceptors (Lipinski definition) is 2. The number of carboxylic acid groups (broad SMARTS) is 1. The highest BCUT2D eigenvalue weighted by Gasteiger charge is 2.33. The van der Waals surface area contributed by atoms with Crippen LogP contribution in [-0.2, 0) is 11.2 Å². The molecule has 1 aromatic rings. The molecule has 3 nitrogen and oxygen atoms in total. The summed E-state index contributed by atoms with van der Waals surface area (Å²) in [6.07, 6.45) is 2.52. The second-order valence-corrected chi connectivity index (χ2v) is 4.73. The second-order valence-electron chi connectivity index (χ2n) is 4.73. The molecule has 0 bridgehead atoms. The minimum Gasteiger partial charge on any atom is -0.479 e. The third-order valence-corrected chi connectivity index (χ3v) is 3.07. The monoisotopic (exact) mass is 220 g/mol. The van der Waals surface area contributed by atoms with Crippen molar-refractivity contribution in [1.82, 2.24) is 0 Å². The molecule has 0 amide bonds. The molecular weight excluding hydrogens is 204 g/mol. The SMILES string of the molecule is CC(O)(Cc1ccccc1C1CC1)C(=O)O. The van der Waals surface area contributed by atoms with Gasteiger partial charge in [0.15, 0.2) is 5.60 Å². The average molecular weight is 220 g/mol. The zero-order chi connectivity index (χ0) is 11.8. The molecule has 0 aromatic heterocycles. The summed E-state index contributed by atoms with van der Waals surface area (Å²) >= 11 is 0. The Bertz CT molecular complexity index is 405. The van der Waals surface area contributed by atoms with Gasteiger partial charge in [-0.15, -0.1) is 0 Å². The molecule has 0 heterocycles. The third kappa shape index (κ3) is 2.25. The van der Waals surface area contributed by atoms with Crippen LogP contribution in [0.3, 0.4) is 0 Å². The van der Waals surface area contributed by atoms with Crippen molar-refractivity contribution >= 4 is 5.97 Å². The highest BCUT2D eigenvalue weighted by atomic mass is 16.4. The van der Waals surface area contributed by atoms with Crippen molar-refractivity contribution in [3.63, 3.8) is 0 Å². The molecular formula is C13H16O3. The topological polar surface area (TPSA) is 57.5 Å². The van der Waals surface area contributed by atoms with Crippen LogP contribution in [0.2, 0.25) is 0 Å². The summed E-state index contributed by atoms with van der Waals surface area (Å²) in [7, 11) is 0. The first-order chi connectivity index (χ1) is 7.50. The largest absolute Gasteiger partial charge is 0.479 e. The first-order valence-corrected chi connectivity index (χ1v) is 5.54. The molecule has 1 fully saturated rings. The molecule has 3 heteroatoms. The lowest BCUT2D eigenvalue weighted by Crippen LogP contribution is -2.37. The summed E-state index contributed by atoms with van der Waals surface area (Å²) in [6.45, 7) is 1.35. The maximum atomic E-state index is 10.9. The van der Waals surface area contributed by atoms with Crippen molar-refractivity contribution in [2.75, 3.05) is 0 Å². The van der Waals surface area contributed by atoms with Crippen LogP contribution in [-0.4, -0.2) is 21.8 Å². The Hall–Kier alpha value is -1.35. The Kier molecular flexibility index (Phi) is 2.72. The summed E-state index contributed by atoms with van der Waals surface area (Å²) in [4.78, 5) is 10.9. The number of carbonyl (C=O) groups is 1. The Morgan fingerprint density at radius 1 is 1.44 bits per heavy atom. The number of aliphatic carboxylic acids is 1. The molecule has 1 saturated carbocycles. The lowest BCUT2D eigenvalue weighted by molar-refractivity contribution is -0.156. The zero-order valence-electron chi connectivity index (χ0n) is 9.31. The highest BCUT2D eigenvalue weighted by molar-refractivity contribution is 5.77. The molecule has 86 valence electrons. The fourth-order valence-electron chi connectivity index (χ4n) is 1.93. The molecule has 2 rings (SSSR count). The van der Waals surface area contributed by atoms with Crippen LogP contribution in [0.5, 0.6) is 0 Å². The van der Waals surface area contributed by atoms with E-state index in [1.165, 1.54) is 25.3 Å². The van der Waals surface area contributed by atoms with Gasteiger partial charge in [-0.25, -0.2) is 4.79 Å². The Morgan fingerprint density at radius 2 is 2.06 bits per heavy atom. The van der Waals surface area contributed by atoms with Crippen molar-refractivity contribution in [3.05, 3.63) is 35.4 Å². The van der Waals surface area contributed by atoms with E-state index >= 15 is 0 Å². The quantitative estimate of drug-likeness (QED) is 0.815. The van der Waals surface area contributed by atoms with Crippen LogP contribution in [0.4, 0.5) is 0 Å². The number of benzene rings is 1. The molecule has 0 saturated heterocycles. The number of rotatable bonds is 4. The van der Waals surface area contributed by atoms with Gasteiger partial charge in [0.25, 0.3) is 0 Å². The Balaban J connectivity index is 2.23. The lowest BCUT2D eigenvalue weighted by Gasteiger charge is -2.19. The van der Waals surface area contributed by atoms with Crippen LogP contribution in [0.25, 0.3) is 0 Å². The van der Waals surface area contributed by atoms with E-state index in [9.17, 15) is 9.90 Å². The minimum absolute atomic E-state index is 0.176. The van der Waals surface area contributed by atoms with Crippen LogP contribution in [0.1, 0.15) is 36.8 Å². The van der Waals surface area contributed by atoms with E-state index in [0.717, 1.165) is 5.56 Å². The Morgan fingerprint density at radius 3 is 2.62 bits per heavy atom. The smallest absolute Gasteiger partial charge is 0.335 e. The second kappa shape index (κ2) is 3.91. The van der Waals surface area contributed by atoms with Gasteiger partial charge in [0.2, 0.25) is 0 Å². The summed E-state index contributed by atoms with van der Waals surface area (Å²) < 4.78 is 0. The fraction of sp³-hybridized carbons (Fsp3) is 0.462. The van der Waals surface area contributed by atoms with Crippen LogP contribution in [0, 0.1) is 0 Å². The van der Waals surface area contributed by atoms with Crippen molar-refractivity contribution < 1.29 is 15.0 Å². The number of hydrogen-bond donors (Lipinski definition) is 2. The Labute approximate surface area is 94.7 Å². The van der Waals surface area contributed by atoms with Gasteiger partial charge in [0, 0.05) is 6.42 Å². The molecule has 16 heavy (non-hydrogen) atoms. The van der Waals surface area contributed by atoms with Crippen molar-refractivity contribution in [3.8, 4) is 0 Å². The van der Waals surface area contributed by atoms with Gasteiger partial charge >= 0.3 is 5.97 Å². The molecule has 1 aromatic carbocycles. The van der Waals surface area contributed by atoms with E-state index < -0.39 is 11.6 Å². The summed E-state index contributed by atoms with van der Waals surface area (Å²) in [5.41, 5.74) is 0.478. The van der Waals surface area contributed by atoms with E-state index in [1.807, 2.05) is 24.3 Å². The van der Waals surface area contributed by atoms with Crippen LogP contribution < -0.4 is 0 Å².